The monoisotopic (exact) mass is 325 g/mol. The molecule has 6 heteroatoms. The van der Waals surface area contributed by atoms with Crippen LogP contribution in [0.1, 0.15) is 16.1 Å². The van der Waals surface area contributed by atoms with E-state index in [1.54, 1.807) is 0 Å². The number of amides is 1. The largest absolute Gasteiger partial charge is 0.321 e. The second-order valence-corrected chi connectivity index (χ2v) is 5.00. The highest BCUT2D eigenvalue weighted by Crippen LogP contribution is 2.19. The molecule has 92 valence electrons. The highest BCUT2D eigenvalue weighted by Gasteiger charge is 2.09. The lowest BCUT2D eigenvalue weighted by molar-refractivity contribution is 0.102. The summed E-state index contributed by atoms with van der Waals surface area (Å²) in [5, 5.41) is 2.93. The van der Waals surface area contributed by atoms with E-state index in [-0.39, 0.29) is 16.8 Å². The van der Waals surface area contributed by atoms with Crippen LogP contribution in [0.2, 0.25) is 5.15 Å². The molecule has 1 aromatic heterocycles. The molecule has 1 N–H and O–H groups in total. The molecule has 0 bridgehead atoms. The van der Waals surface area contributed by atoms with Crippen LogP contribution in [-0.4, -0.2) is 15.9 Å². The van der Waals surface area contributed by atoms with Gasteiger partial charge >= 0.3 is 0 Å². The van der Waals surface area contributed by atoms with Gasteiger partial charge in [-0.2, -0.15) is 0 Å². The fourth-order valence-electron chi connectivity index (χ4n) is 1.46. The van der Waals surface area contributed by atoms with Crippen LogP contribution in [0.3, 0.4) is 0 Å². The highest BCUT2D eigenvalue weighted by molar-refractivity contribution is 9.10. The van der Waals surface area contributed by atoms with Crippen LogP contribution in [0.5, 0.6) is 0 Å². The standard InChI is InChI=1S/C12H9BrClN3O/c1-7-2-8(13)4-9(3-7)16-12(18)10-5-15-6-11(14)17-10/h2-6H,1H3,(H,16,18). The Labute approximate surface area is 118 Å². The Morgan fingerprint density at radius 3 is 2.78 bits per heavy atom. The van der Waals surface area contributed by atoms with Gasteiger partial charge < -0.3 is 5.32 Å². The lowest BCUT2D eigenvalue weighted by atomic mass is 10.2. The summed E-state index contributed by atoms with van der Waals surface area (Å²) in [7, 11) is 0. The Morgan fingerprint density at radius 2 is 2.11 bits per heavy atom. The van der Waals surface area contributed by atoms with E-state index >= 15 is 0 Å². The van der Waals surface area contributed by atoms with Gasteiger partial charge in [-0.25, -0.2) is 4.98 Å². The lowest BCUT2D eigenvalue weighted by Gasteiger charge is -2.06. The van der Waals surface area contributed by atoms with E-state index in [1.807, 2.05) is 25.1 Å². The zero-order valence-electron chi connectivity index (χ0n) is 9.45. The van der Waals surface area contributed by atoms with Gasteiger partial charge in [0.1, 0.15) is 10.8 Å². The maximum Gasteiger partial charge on any atom is 0.275 e. The molecule has 2 rings (SSSR count). The van der Waals surface area contributed by atoms with Crippen LogP contribution >= 0.6 is 27.5 Å². The van der Waals surface area contributed by atoms with Crippen molar-refractivity contribution in [3.63, 3.8) is 0 Å². The molecule has 4 nitrogen and oxygen atoms in total. The van der Waals surface area contributed by atoms with E-state index in [0.717, 1.165) is 10.0 Å². The van der Waals surface area contributed by atoms with Crippen LogP contribution in [0, 0.1) is 6.92 Å². The lowest BCUT2D eigenvalue weighted by Crippen LogP contribution is -2.14. The number of anilines is 1. The van der Waals surface area contributed by atoms with Crippen LogP contribution in [0.15, 0.2) is 35.1 Å². The van der Waals surface area contributed by atoms with Crippen molar-refractivity contribution in [1.29, 1.82) is 0 Å². The first kappa shape index (κ1) is 13.0. The highest BCUT2D eigenvalue weighted by atomic mass is 79.9. The molecule has 0 unspecified atom stereocenters. The normalized spacial score (nSPS) is 10.2. The Hall–Kier alpha value is -1.46. The molecule has 0 aliphatic rings. The predicted molar refractivity (Wildman–Crippen MR) is 73.9 cm³/mol. The van der Waals surface area contributed by atoms with Crippen molar-refractivity contribution in [2.75, 3.05) is 5.32 Å². The summed E-state index contributed by atoms with van der Waals surface area (Å²) >= 11 is 9.05. The van der Waals surface area contributed by atoms with Crippen molar-refractivity contribution < 1.29 is 4.79 Å². The maximum absolute atomic E-state index is 11.9. The Bertz CT molecular complexity index is 583. The van der Waals surface area contributed by atoms with Gasteiger partial charge in [0.05, 0.1) is 12.4 Å². The van der Waals surface area contributed by atoms with Gasteiger partial charge in [-0.1, -0.05) is 27.5 Å². The number of nitrogens with one attached hydrogen (secondary N) is 1. The molecule has 0 saturated heterocycles. The fourth-order valence-corrected chi connectivity index (χ4v) is 2.21. The van der Waals surface area contributed by atoms with Gasteiger partial charge in [0.25, 0.3) is 5.91 Å². The van der Waals surface area contributed by atoms with E-state index < -0.39 is 0 Å². The smallest absolute Gasteiger partial charge is 0.275 e. The third kappa shape index (κ3) is 3.27. The quantitative estimate of drug-likeness (QED) is 0.919. The first-order chi connectivity index (χ1) is 8.54. The first-order valence-electron chi connectivity index (χ1n) is 5.11. The minimum Gasteiger partial charge on any atom is -0.321 e. The Morgan fingerprint density at radius 1 is 1.33 bits per heavy atom. The van der Waals surface area contributed by atoms with E-state index in [1.165, 1.54) is 12.4 Å². The number of carbonyl (C=O) groups excluding carboxylic acids is 1. The number of carbonyl (C=O) groups is 1. The summed E-state index contributed by atoms with van der Waals surface area (Å²) in [6, 6.07) is 5.62. The molecule has 2 aromatic rings. The minimum atomic E-state index is -0.345. The third-order valence-corrected chi connectivity index (χ3v) is 2.78. The summed E-state index contributed by atoms with van der Waals surface area (Å²) in [5.41, 5.74) is 1.91. The second kappa shape index (κ2) is 5.46. The van der Waals surface area contributed by atoms with E-state index in [9.17, 15) is 4.79 Å². The first-order valence-corrected chi connectivity index (χ1v) is 6.28. The van der Waals surface area contributed by atoms with Crippen LogP contribution in [-0.2, 0) is 0 Å². The van der Waals surface area contributed by atoms with Gasteiger partial charge in [0.2, 0.25) is 0 Å². The number of nitrogens with zero attached hydrogens (tertiary/aromatic N) is 2. The minimum absolute atomic E-state index is 0.181. The predicted octanol–water partition coefficient (Wildman–Crippen LogP) is 3.45. The topological polar surface area (TPSA) is 54.9 Å². The molecule has 1 heterocycles. The zero-order valence-corrected chi connectivity index (χ0v) is 11.8. The molecule has 0 fully saturated rings. The van der Waals surface area contributed by atoms with Crippen molar-refractivity contribution in [3.05, 3.63) is 51.5 Å². The molecule has 0 atom stereocenters. The second-order valence-electron chi connectivity index (χ2n) is 3.70. The summed E-state index contributed by atoms with van der Waals surface area (Å²) in [6.45, 7) is 1.94. The van der Waals surface area contributed by atoms with Crippen molar-refractivity contribution >= 4 is 39.1 Å². The van der Waals surface area contributed by atoms with Crippen molar-refractivity contribution in [3.8, 4) is 0 Å². The molecule has 1 aromatic carbocycles. The number of benzene rings is 1. The molecule has 0 spiro atoms. The summed E-state index contributed by atoms with van der Waals surface area (Å²) < 4.78 is 0.898. The van der Waals surface area contributed by atoms with Gasteiger partial charge in [-0.3, -0.25) is 9.78 Å². The molecule has 0 aliphatic carbocycles. The molecule has 18 heavy (non-hydrogen) atoms. The van der Waals surface area contributed by atoms with E-state index in [0.29, 0.717) is 5.69 Å². The number of aryl methyl sites for hydroxylation is 1. The van der Waals surface area contributed by atoms with Crippen LogP contribution in [0.4, 0.5) is 5.69 Å². The average Bonchev–Trinajstić information content (AvgIpc) is 2.27. The van der Waals surface area contributed by atoms with Crippen molar-refractivity contribution in [1.82, 2.24) is 9.97 Å². The summed E-state index contributed by atoms with van der Waals surface area (Å²) in [4.78, 5) is 19.6. The van der Waals surface area contributed by atoms with Crippen molar-refractivity contribution in [2.45, 2.75) is 6.92 Å². The number of hydrogen-bond donors (Lipinski definition) is 1. The molecular formula is C12H9BrClN3O. The fraction of sp³-hybridized carbons (Fsp3) is 0.0833. The average molecular weight is 327 g/mol. The SMILES string of the molecule is Cc1cc(Br)cc(NC(=O)c2cncc(Cl)n2)c1. The van der Waals surface area contributed by atoms with Crippen LogP contribution in [0.25, 0.3) is 0 Å². The van der Waals surface area contributed by atoms with Gasteiger partial charge in [0, 0.05) is 10.2 Å². The summed E-state index contributed by atoms with van der Waals surface area (Å²) in [5.74, 6) is -0.345. The van der Waals surface area contributed by atoms with Gasteiger partial charge in [-0.15, -0.1) is 0 Å². The Kier molecular flexibility index (Phi) is 3.93. The van der Waals surface area contributed by atoms with E-state index in [2.05, 4.69) is 31.2 Å². The number of hydrogen-bond acceptors (Lipinski definition) is 3. The van der Waals surface area contributed by atoms with E-state index in [4.69, 9.17) is 11.6 Å². The number of halogens is 2. The summed E-state index contributed by atoms with van der Waals surface area (Å²) in [6.07, 6.45) is 2.74. The molecule has 1 amide bonds. The number of rotatable bonds is 2. The van der Waals surface area contributed by atoms with Gasteiger partial charge in [0.15, 0.2) is 0 Å². The maximum atomic E-state index is 11.9. The zero-order chi connectivity index (χ0) is 13.1. The van der Waals surface area contributed by atoms with Crippen LogP contribution < -0.4 is 5.32 Å². The molecule has 0 saturated carbocycles. The van der Waals surface area contributed by atoms with Gasteiger partial charge in [-0.05, 0) is 30.7 Å². The van der Waals surface area contributed by atoms with Crippen molar-refractivity contribution in [2.24, 2.45) is 0 Å². The molecular weight excluding hydrogens is 318 g/mol. The Balaban J connectivity index is 2.21. The number of aromatic nitrogens is 2. The molecule has 0 aliphatic heterocycles. The molecule has 0 radical (unpaired) electrons. The third-order valence-electron chi connectivity index (χ3n) is 2.14.